The van der Waals surface area contributed by atoms with E-state index in [1.807, 2.05) is 36.0 Å². The van der Waals surface area contributed by atoms with Crippen molar-refractivity contribution in [3.8, 4) is 0 Å². The van der Waals surface area contributed by atoms with Crippen molar-refractivity contribution < 1.29 is 5.11 Å². The third-order valence-corrected chi connectivity index (χ3v) is 5.61. The lowest BCUT2D eigenvalue weighted by Crippen LogP contribution is -1.97. The summed E-state index contributed by atoms with van der Waals surface area (Å²) in [4.78, 5) is 2.47. The summed E-state index contributed by atoms with van der Waals surface area (Å²) in [5.74, 6) is 2.27. The van der Waals surface area contributed by atoms with E-state index >= 15 is 0 Å². The maximum absolute atomic E-state index is 10.4. The van der Waals surface area contributed by atoms with Crippen LogP contribution in [-0.2, 0) is 12.2 Å². The second kappa shape index (κ2) is 5.25. The summed E-state index contributed by atoms with van der Waals surface area (Å²) < 4.78 is 0. The Morgan fingerprint density at radius 3 is 2.94 bits per heavy atom. The van der Waals surface area contributed by atoms with Crippen LogP contribution < -0.4 is 0 Å². The number of hydrogen-bond acceptors (Lipinski definition) is 3. The van der Waals surface area contributed by atoms with Gasteiger partial charge in [-0.1, -0.05) is 23.7 Å². The van der Waals surface area contributed by atoms with Crippen LogP contribution in [0.5, 0.6) is 0 Å². The molecule has 0 amide bonds. The minimum absolute atomic E-state index is 0.552. The zero-order valence-corrected chi connectivity index (χ0v) is 12.1. The van der Waals surface area contributed by atoms with Gasteiger partial charge >= 0.3 is 0 Å². The summed E-state index contributed by atoms with van der Waals surface area (Å²) in [6, 6.07) is 9.61. The van der Waals surface area contributed by atoms with Crippen molar-refractivity contribution >= 4 is 34.7 Å². The Balaban J connectivity index is 1.92. The highest BCUT2D eigenvalue weighted by atomic mass is 35.5. The van der Waals surface area contributed by atoms with Crippen molar-refractivity contribution in [2.45, 2.75) is 18.3 Å². The first-order valence-corrected chi connectivity index (χ1v) is 8.22. The van der Waals surface area contributed by atoms with Crippen molar-refractivity contribution in [2.24, 2.45) is 0 Å². The quantitative estimate of drug-likeness (QED) is 0.893. The number of fused-ring (bicyclic) bond motifs is 1. The van der Waals surface area contributed by atoms with Gasteiger partial charge in [0.25, 0.3) is 0 Å². The van der Waals surface area contributed by atoms with Crippen LogP contribution in [0.15, 0.2) is 30.3 Å². The molecule has 0 spiro atoms. The molecular formula is C14H13ClOS2. The van der Waals surface area contributed by atoms with Crippen LogP contribution in [0.3, 0.4) is 0 Å². The van der Waals surface area contributed by atoms with Crippen LogP contribution in [0.1, 0.15) is 27.0 Å². The molecule has 1 aliphatic rings. The summed E-state index contributed by atoms with van der Waals surface area (Å²) in [5.41, 5.74) is 2.26. The van der Waals surface area contributed by atoms with Gasteiger partial charge in [-0.3, -0.25) is 0 Å². The molecule has 1 aromatic carbocycles. The number of thiophene rings is 1. The highest BCUT2D eigenvalue weighted by Crippen LogP contribution is 2.36. The number of aliphatic hydroxyl groups is 1. The van der Waals surface area contributed by atoms with Crippen molar-refractivity contribution in [3.05, 3.63) is 56.2 Å². The van der Waals surface area contributed by atoms with E-state index in [1.54, 1.807) is 11.3 Å². The number of thioether (sulfide) groups is 1. The van der Waals surface area contributed by atoms with Gasteiger partial charge in [-0.2, -0.15) is 11.8 Å². The van der Waals surface area contributed by atoms with E-state index in [9.17, 15) is 5.11 Å². The molecule has 0 saturated carbocycles. The first-order valence-electron chi connectivity index (χ1n) is 5.87. The predicted octanol–water partition coefficient (Wildman–Crippen LogP) is 4.27. The van der Waals surface area contributed by atoms with Crippen LogP contribution in [0.2, 0.25) is 5.02 Å². The average molecular weight is 297 g/mol. The van der Waals surface area contributed by atoms with Gasteiger partial charge in [0.1, 0.15) is 6.10 Å². The molecule has 1 aliphatic heterocycles. The summed E-state index contributed by atoms with van der Waals surface area (Å²) in [5, 5.41) is 11.1. The van der Waals surface area contributed by atoms with E-state index in [4.69, 9.17) is 11.6 Å². The summed E-state index contributed by atoms with van der Waals surface area (Å²) >= 11 is 9.67. The lowest BCUT2D eigenvalue weighted by atomic mass is 10.1. The van der Waals surface area contributed by atoms with Crippen LogP contribution in [-0.4, -0.2) is 10.9 Å². The van der Waals surface area contributed by atoms with Crippen LogP contribution >= 0.6 is 34.7 Å². The summed E-state index contributed by atoms with van der Waals surface area (Å²) in [7, 11) is 0. The van der Waals surface area contributed by atoms with Crippen LogP contribution in [0.25, 0.3) is 0 Å². The Bertz CT molecular complexity index is 541. The number of benzene rings is 1. The lowest BCUT2D eigenvalue weighted by Gasteiger charge is -2.08. The van der Waals surface area contributed by atoms with Gasteiger partial charge < -0.3 is 5.11 Å². The van der Waals surface area contributed by atoms with Crippen molar-refractivity contribution in [1.29, 1.82) is 0 Å². The second-order valence-corrected chi connectivity index (χ2v) is 7.07. The smallest absolute Gasteiger partial charge is 0.113 e. The number of rotatable bonds is 2. The van der Waals surface area contributed by atoms with Gasteiger partial charge in [0.15, 0.2) is 0 Å². The van der Waals surface area contributed by atoms with Gasteiger partial charge in [-0.05, 0) is 41.5 Å². The minimum Gasteiger partial charge on any atom is -0.383 e. The molecule has 1 nitrogen and oxygen atoms in total. The molecule has 18 heavy (non-hydrogen) atoms. The average Bonchev–Trinajstić information content (AvgIpc) is 2.81. The molecular weight excluding hydrogens is 284 g/mol. The standard InChI is InChI=1S/C14H13ClOS2/c15-11-3-1-2-9(6-11)14(16)13-7-10-8-17-5-4-12(10)18-13/h1-3,6-7,14,16H,4-5,8H2. The fourth-order valence-corrected chi connectivity index (χ4v) is 4.74. The van der Waals surface area contributed by atoms with Crippen molar-refractivity contribution in [1.82, 2.24) is 0 Å². The van der Waals surface area contributed by atoms with E-state index < -0.39 is 6.10 Å². The molecule has 94 valence electrons. The molecule has 1 unspecified atom stereocenters. The first kappa shape index (κ1) is 12.5. The molecule has 4 heteroatoms. The predicted molar refractivity (Wildman–Crippen MR) is 79.7 cm³/mol. The summed E-state index contributed by atoms with van der Waals surface area (Å²) in [6.07, 6.45) is 0.580. The molecule has 1 atom stereocenters. The number of aliphatic hydroxyl groups excluding tert-OH is 1. The Labute approximate surface area is 120 Å². The van der Waals surface area contributed by atoms with E-state index in [2.05, 4.69) is 6.07 Å². The van der Waals surface area contributed by atoms with Crippen molar-refractivity contribution in [3.63, 3.8) is 0 Å². The van der Waals surface area contributed by atoms with Gasteiger partial charge in [0.05, 0.1) is 0 Å². The molecule has 1 N–H and O–H groups in total. The molecule has 0 saturated heterocycles. The number of halogens is 1. The molecule has 2 aromatic rings. The van der Waals surface area contributed by atoms with Crippen LogP contribution in [0.4, 0.5) is 0 Å². The molecule has 2 heterocycles. The summed E-state index contributed by atoms with van der Waals surface area (Å²) in [6.45, 7) is 0. The Morgan fingerprint density at radius 1 is 1.28 bits per heavy atom. The van der Waals surface area contributed by atoms with Gasteiger partial charge in [0.2, 0.25) is 0 Å². The van der Waals surface area contributed by atoms with Gasteiger partial charge in [-0.25, -0.2) is 0 Å². The Hall–Kier alpha value is -0.480. The van der Waals surface area contributed by atoms with Gasteiger partial charge in [-0.15, -0.1) is 11.3 Å². The zero-order valence-electron chi connectivity index (χ0n) is 9.73. The third kappa shape index (κ3) is 2.45. The largest absolute Gasteiger partial charge is 0.383 e. The SMILES string of the molecule is OC(c1cccc(Cl)c1)c1cc2c(s1)CCSC2. The molecule has 0 fully saturated rings. The Morgan fingerprint density at radius 2 is 2.17 bits per heavy atom. The zero-order chi connectivity index (χ0) is 12.5. The molecule has 1 aromatic heterocycles. The monoisotopic (exact) mass is 296 g/mol. The van der Waals surface area contributed by atoms with E-state index in [-0.39, 0.29) is 0 Å². The number of aryl methyl sites for hydroxylation is 1. The van der Waals surface area contributed by atoms with Crippen LogP contribution in [0, 0.1) is 0 Å². The van der Waals surface area contributed by atoms with Crippen molar-refractivity contribution in [2.75, 3.05) is 5.75 Å². The van der Waals surface area contributed by atoms with Gasteiger partial charge in [0, 0.05) is 20.5 Å². The molecule has 0 radical (unpaired) electrons. The maximum atomic E-state index is 10.4. The molecule has 3 rings (SSSR count). The topological polar surface area (TPSA) is 20.2 Å². The minimum atomic E-state index is -0.552. The third-order valence-electron chi connectivity index (χ3n) is 3.08. The molecule has 0 aliphatic carbocycles. The molecule has 0 bridgehead atoms. The van der Waals surface area contributed by atoms with E-state index in [0.717, 1.165) is 22.6 Å². The highest BCUT2D eigenvalue weighted by molar-refractivity contribution is 7.98. The number of hydrogen-bond donors (Lipinski definition) is 1. The first-order chi connectivity index (χ1) is 8.74. The normalized spacial score (nSPS) is 16.3. The fourth-order valence-electron chi connectivity index (χ4n) is 2.15. The Kier molecular flexibility index (Phi) is 3.66. The fraction of sp³-hybridized carbons (Fsp3) is 0.286. The maximum Gasteiger partial charge on any atom is 0.113 e. The highest BCUT2D eigenvalue weighted by Gasteiger charge is 2.19. The van der Waals surface area contributed by atoms with E-state index in [1.165, 1.54) is 16.2 Å². The second-order valence-electron chi connectivity index (χ2n) is 4.36. The van der Waals surface area contributed by atoms with E-state index in [0.29, 0.717) is 5.02 Å². The lowest BCUT2D eigenvalue weighted by molar-refractivity contribution is 0.224.